The molecule has 0 aromatic carbocycles. The van der Waals surface area contributed by atoms with Gasteiger partial charge in [-0.1, -0.05) is 0 Å². The summed E-state index contributed by atoms with van der Waals surface area (Å²) in [5.74, 6) is -4.26. The Morgan fingerprint density at radius 2 is 2.00 bits per heavy atom. The molecule has 0 atom stereocenters. The Bertz CT molecular complexity index is 560. The Balaban J connectivity index is 2.53. The number of hydrogen-bond acceptors (Lipinski definition) is 4. The lowest BCUT2D eigenvalue weighted by Gasteiger charge is -2.36. The van der Waals surface area contributed by atoms with Gasteiger partial charge in [0.25, 0.3) is 0 Å². The van der Waals surface area contributed by atoms with E-state index in [2.05, 4.69) is 5.10 Å². The van der Waals surface area contributed by atoms with Crippen LogP contribution >= 0.6 is 0 Å². The SMILES string of the molecule is Cn1ncc([N+](=O)[O-])c1C1(C(=O)O)CCC(F)(F)CC1. The minimum Gasteiger partial charge on any atom is -0.481 e. The van der Waals surface area contributed by atoms with E-state index in [1.807, 2.05) is 0 Å². The van der Waals surface area contributed by atoms with E-state index in [0.29, 0.717) is 0 Å². The second-order valence-electron chi connectivity index (χ2n) is 5.00. The van der Waals surface area contributed by atoms with Crippen LogP contribution in [-0.4, -0.2) is 31.7 Å². The predicted octanol–water partition coefficient (Wildman–Crippen LogP) is 1.86. The van der Waals surface area contributed by atoms with E-state index in [1.54, 1.807) is 0 Å². The fraction of sp³-hybridized carbons (Fsp3) is 0.636. The quantitative estimate of drug-likeness (QED) is 0.676. The first-order valence-electron chi connectivity index (χ1n) is 5.98. The van der Waals surface area contributed by atoms with Crippen molar-refractivity contribution in [2.75, 3.05) is 0 Å². The smallest absolute Gasteiger partial charge is 0.316 e. The Morgan fingerprint density at radius 1 is 1.45 bits per heavy atom. The summed E-state index contributed by atoms with van der Waals surface area (Å²) in [6, 6.07) is 0. The summed E-state index contributed by atoms with van der Waals surface area (Å²) in [7, 11) is 1.37. The molecule has 110 valence electrons. The molecular formula is C11H13F2N3O4. The lowest BCUT2D eigenvalue weighted by molar-refractivity contribution is -0.386. The first kappa shape index (κ1) is 14.4. The summed E-state index contributed by atoms with van der Waals surface area (Å²) in [5, 5.41) is 24.1. The molecule has 2 rings (SSSR count). The molecular weight excluding hydrogens is 276 g/mol. The molecule has 1 N–H and O–H groups in total. The van der Waals surface area contributed by atoms with Crippen molar-refractivity contribution in [2.45, 2.75) is 37.0 Å². The topological polar surface area (TPSA) is 98.3 Å². The Kier molecular flexibility index (Phi) is 3.23. The third-order valence-corrected chi connectivity index (χ3v) is 3.81. The summed E-state index contributed by atoms with van der Waals surface area (Å²) < 4.78 is 27.6. The predicted molar refractivity (Wildman–Crippen MR) is 62.6 cm³/mol. The van der Waals surface area contributed by atoms with Crippen LogP contribution < -0.4 is 0 Å². The van der Waals surface area contributed by atoms with Gasteiger partial charge in [0.15, 0.2) is 0 Å². The van der Waals surface area contributed by atoms with Crippen LogP contribution in [0.3, 0.4) is 0 Å². The number of nitrogens with zero attached hydrogens (tertiary/aromatic N) is 3. The van der Waals surface area contributed by atoms with Gasteiger partial charge in [-0.3, -0.25) is 19.6 Å². The minimum atomic E-state index is -2.92. The van der Waals surface area contributed by atoms with Crippen molar-refractivity contribution < 1.29 is 23.6 Å². The molecule has 1 heterocycles. The van der Waals surface area contributed by atoms with Crippen molar-refractivity contribution >= 4 is 11.7 Å². The second kappa shape index (κ2) is 4.50. The van der Waals surface area contributed by atoms with Crippen molar-refractivity contribution in [2.24, 2.45) is 7.05 Å². The molecule has 1 aromatic rings. The highest BCUT2D eigenvalue weighted by Gasteiger charge is 2.53. The summed E-state index contributed by atoms with van der Waals surface area (Å²) in [6.07, 6.45) is -0.971. The molecule has 1 aliphatic rings. The van der Waals surface area contributed by atoms with E-state index in [-0.39, 0.29) is 18.5 Å². The van der Waals surface area contributed by atoms with E-state index in [9.17, 15) is 28.8 Å². The molecule has 20 heavy (non-hydrogen) atoms. The average Bonchev–Trinajstić information content (AvgIpc) is 2.72. The molecule has 1 aliphatic carbocycles. The number of alkyl halides is 2. The van der Waals surface area contributed by atoms with Crippen LogP contribution in [0.4, 0.5) is 14.5 Å². The maximum absolute atomic E-state index is 13.3. The highest BCUT2D eigenvalue weighted by Crippen LogP contribution is 2.47. The maximum Gasteiger partial charge on any atom is 0.316 e. The summed E-state index contributed by atoms with van der Waals surface area (Å²) in [4.78, 5) is 21.8. The summed E-state index contributed by atoms with van der Waals surface area (Å²) in [6.45, 7) is 0. The second-order valence-corrected chi connectivity index (χ2v) is 5.00. The molecule has 0 radical (unpaired) electrons. The molecule has 0 aliphatic heterocycles. The molecule has 9 heteroatoms. The van der Waals surface area contributed by atoms with Crippen molar-refractivity contribution in [3.63, 3.8) is 0 Å². The van der Waals surface area contributed by atoms with Crippen LogP contribution in [0.15, 0.2) is 6.20 Å². The highest BCUT2D eigenvalue weighted by atomic mass is 19.3. The number of aromatic nitrogens is 2. The molecule has 7 nitrogen and oxygen atoms in total. The van der Waals surface area contributed by atoms with Crippen LogP contribution in [-0.2, 0) is 17.3 Å². The number of aliphatic carboxylic acids is 1. The van der Waals surface area contributed by atoms with Gasteiger partial charge in [0.1, 0.15) is 17.3 Å². The largest absolute Gasteiger partial charge is 0.481 e. The number of aryl methyl sites for hydroxylation is 1. The number of halogens is 2. The highest BCUT2D eigenvalue weighted by molar-refractivity contribution is 5.82. The van der Waals surface area contributed by atoms with Gasteiger partial charge in [-0.25, -0.2) is 8.78 Å². The van der Waals surface area contributed by atoms with Gasteiger partial charge in [0.05, 0.1) is 4.92 Å². The molecule has 0 saturated heterocycles. The van der Waals surface area contributed by atoms with Crippen LogP contribution in [0.25, 0.3) is 0 Å². The maximum atomic E-state index is 13.3. The first-order valence-corrected chi connectivity index (χ1v) is 5.98. The van der Waals surface area contributed by atoms with Gasteiger partial charge in [-0.05, 0) is 12.8 Å². The molecule has 0 amide bonds. The molecule has 0 bridgehead atoms. The van der Waals surface area contributed by atoms with Gasteiger partial charge in [-0.2, -0.15) is 5.10 Å². The molecule has 1 saturated carbocycles. The van der Waals surface area contributed by atoms with Crippen LogP contribution in [0.1, 0.15) is 31.4 Å². The first-order chi connectivity index (χ1) is 9.19. The summed E-state index contributed by atoms with van der Waals surface area (Å²) >= 11 is 0. The number of carbonyl (C=O) groups is 1. The monoisotopic (exact) mass is 289 g/mol. The number of nitro groups is 1. The number of carboxylic acid groups (broad SMARTS) is 1. The lowest BCUT2D eigenvalue weighted by Crippen LogP contribution is -2.44. The van der Waals surface area contributed by atoms with Crippen molar-refractivity contribution in [3.05, 3.63) is 22.0 Å². The molecule has 1 fully saturated rings. The lowest BCUT2D eigenvalue weighted by atomic mass is 9.70. The van der Waals surface area contributed by atoms with Gasteiger partial charge in [0.2, 0.25) is 5.92 Å². The zero-order valence-corrected chi connectivity index (χ0v) is 10.7. The van der Waals surface area contributed by atoms with E-state index in [0.717, 1.165) is 10.9 Å². The average molecular weight is 289 g/mol. The molecule has 0 spiro atoms. The van der Waals surface area contributed by atoms with E-state index >= 15 is 0 Å². The number of rotatable bonds is 3. The standard InChI is InChI=1S/C11H13F2N3O4/c1-15-8(7(6-14-15)16(19)20)10(9(17)18)2-4-11(12,13)5-3-10/h6H,2-5H2,1H3,(H,17,18). The third kappa shape index (κ3) is 2.12. The zero-order valence-electron chi connectivity index (χ0n) is 10.7. The molecule has 0 unspecified atom stereocenters. The van der Waals surface area contributed by atoms with Gasteiger partial charge >= 0.3 is 11.7 Å². The zero-order chi connectivity index (χ0) is 15.1. The Labute approximate surface area is 112 Å². The Hall–Kier alpha value is -2.06. The Morgan fingerprint density at radius 3 is 2.45 bits per heavy atom. The van der Waals surface area contributed by atoms with Crippen molar-refractivity contribution in [1.29, 1.82) is 0 Å². The van der Waals surface area contributed by atoms with Crippen LogP contribution in [0.2, 0.25) is 0 Å². The van der Waals surface area contributed by atoms with E-state index < -0.39 is 40.8 Å². The van der Waals surface area contributed by atoms with Crippen LogP contribution in [0.5, 0.6) is 0 Å². The number of hydrogen-bond donors (Lipinski definition) is 1. The van der Waals surface area contributed by atoms with Gasteiger partial charge in [-0.15, -0.1) is 0 Å². The van der Waals surface area contributed by atoms with E-state index in [1.165, 1.54) is 7.05 Å². The summed E-state index contributed by atoms with van der Waals surface area (Å²) in [5.41, 5.74) is -2.25. The van der Waals surface area contributed by atoms with Crippen LogP contribution in [0, 0.1) is 10.1 Å². The van der Waals surface area contributed by atoms with Gasteiger partial charge < -0.3 is 5.11 Å². The third-order valence-electron chi connectivity index (χ3n) is 3.81. The van der Waals surface area contributed by atoms with Crippen molar-refractivity contribution in [1.82, 2.24) is 9.78 Å². The minimum absolute atomic E-state index is 0.120. The van der Waals surface area contributed by atoms with E-state index in [4.69, 9.17) is 0 Å². The normalized spacial score (nSPS) is 20.6. The van der Waals surface area contributed by atoms with Gasteiger partial charge in [0, 0.05) is 19.9 Å². The fourth-order valence-electron chi connectivity index (χ4n) is 2.71. The number of carboxylic acids is 1. The molecule has 1 aromatic heterocycles. The van der Waals surface area contributed by atoms with Crippen molar-refractivity contribution in [3.8, 4) is 0 Å². The fourth-order valence-corrected chi connectivity index (χ4v) is 2.71.